The van der Waals surface area contributed by atoms with Crippen molar-refractivity contribution in [1.29, 1.82) is 0 Å². The number of fused-ring (bicyclic) bond motifs is 1. The van der Waals surface area contributed by atoms with Crippen LogP contribution in [0.2, 0.25) is 0 Å². The highest BCUT2D eigenvalue weighted by molar-refractivity contribution is 9.11. The van der Waals surface area contributed by atoms with E-state index >= 15 is 0 Å². The molecular formula is C23H23Br2NO3. The summed E-state index contributed by atoms with van der Waals surface area (Å²) in [6.07, 6.45) is 3.59. The van der Waals surface area contributed by atoms with Crippen molar-refractivity contribution in [3.8, 4) is 11.5 Å². The van der Waals surface area contributed by atoms with Crippen LogP contribution in [0.1, 0.15) is 43.5 Å². The summed E-state index contributed by atoms with van der Waals surface area (Å²) in [7, 11) is 0. The molecule has 152 valence electrons. The molecule has 0 saturated carbocycles. The van der Waals surface area contributed by atoms with Crippen LogP contribution in [0.4, 0.5) is 0 Å². The SMILES string of the molecule is CCCc1nc2ccc(Oc3c(Br)cc(CCC(=O)O)cc3Br)cc2cc1CC. The third kappa shape index (κ3) is 5.37. The predicted molar refractivity (Wildman–Crippen MR) is 123 cm³/mol. The van der Waals surface area contributed by atoms with Crippen LogP contribution in [-0.2, 0) is 24.1 Å². The van der Waals surface area contributed by atoms with Crippen molar-refractivity contribution in [2.24, 2.45) is 0 Å². The average molecular weight is 521 g/mol. The van der Waals surface area contributed by atoms with E-state index in [0.29, 0.717) is 12.2 Å². The lowest BCUT2D eigenvalue weighted by atomic mass is 10.0. The van der Waals surface area contributed by atoms with Gasteiger partial charge in [-0.3, -0.25) is 9.78 Å². The Hall–Kier alpha value is -1.92. The van der Waals surface area contributed by atoms with Crippen molar-refractivity contribution in [3.05, 3.63) is 62.2 Å². The molecule has 3 aromatic rings. The van der Waals surface area contributed by atoms with Crippen molar-refractivity contribution in [2.45, 2.75) is 46.0 Å². The van der Waals surface area contributed by atoms with E-state index < -0.39 is 5.97 Å². The van der Waals surface area contributed by atoms with E-state index in [2.05, 4.69) is 51.8 Å². The van der Waals surface area contributed by atoms with Gasteiger partial charge in [-0.1, -0.05) is 20.3 Å². The van der Waals surface area contributed by atoms with Gasteiger partial charge in [-0.05, 0) is 98.6 Å². The van der Waals surface area contributed by atoms with Gasteiger partial charge in [-0.25, -0.2) is 0 Å². The fraction of sp³-hybridized carbons (Fsp3) is 0.304. The molecule has 4 nitrogen and oxygen atoms in total. The van der Waals surface area contributed by atoms with Gasteiger partial charge in [-0.15, -0.1) is 0 Å². The topological polar surface area (TPSA) is 59.4 Å². The van der Waals surface area contributed by atoms with Gasteiger partial charge in [0, 0.05) is 17.5 Å². The number of nitrogens with zero attached hydrogens (tertiary/aromatic N) is 1. The minimum Gasteiger partial charge on any atom is -0.481 e. The highest BCUT2D eigenvalue weighted by Gasteiger charge is 2.12. The van der Waals surface area contributed by atoms with Crippen molar-refractivity contribution in [2.75, 3.05) is 0 Å². The second kappa shape index (κ2) is 9.72. The Balaban J connectivity index is 1.89. The largest absolute Gasteiger partial charge is 0.481 e. The normalized spacial score (nSPS) is 11.0. The van der Waals surface area contributed by atoms with Crippen LogP contribution in [0.15, 0.2) is 45.3 Å². The molecule has 0 unspecified atom stereocenters. The number of carbonyl (C=O) groups is 1. The lowest BCUT2D eigenvalue weighted by Crippen LogP contribution is -1.99. The van der Waals surface area contributed by atoms with Crippen LogP contribution in [0.3, 0.4) is 0 Å². The first-order valence-electron chi connectivity index (χ1n) is 9.71. The highest BCUT2D eigenvalue weighted by atomic mass is 79.9. The predicted octanol–water partition coefficient (Wildman–Crippen LogP) is 7.08. The zero-order chi connectivity index (χ0) is 21.0. The molecule has 3 rings (SSSR count). The summed E-state index contributed by atoms with van der Waals surface area (Å²) in [5.74, 6) is 0.579. The minimum atomic E-state index is -0.809. The number of pyridine rings is 1. The van der Waals surface area contributed by atoms with E-state index in [1.807, 2.05) is 30.3 Å². The molecule has 0 bridgehead atoms. The maximum Gasteiger partial charge on any atom is 0.303 e. The number of hydrogen-bond acceptors (Lipinski definition) is 3. The zero-order valence-electron chi connectivity index (χ0n) is 16.5. The first-order valence-corrected chi connectivity index (χ1v) is 11.3. The first kappa shape index (κ1) is 21.8. The molecule has 1 N–H and O–H groups in total. The molecule has 0 aliphatic carbocycles. The lowest BCUT2D eigenvalue weighted by Gasteiger charge is -2.13. The van der Waals surface area contributed by atoms with E-state index in [4.69, 9.17) is 14.8 Å². The molecule has 0 saturated heterocycles. The summed E-state index contributed by atoms with van der Waals surface area (Å²) in [4.78, 5) is 15.7. The Morgan fingerprint density at radius 3 is 2.41 bits per heavy atom. The maximum absolute atomic E-state index is 10.8. The molecule has 1 heterocycles. The molecule has 0 radical (unpaired) electrons. The molecule has 0 fully saturated rings. The van der Waals surface area contributed by atoms with Gasteiger partial charge >= 0.3 is 5.97 Å². The molecule has 6 heteroatoms. The fourth-order valence-corrected chi connectivity index (χ4v) is 4.73. The highest BCUT2D eigenvalue weighted by Crippen LogP contribution is 2.38. The Labute approximate surface area is 187 Å². The number of aryl methyl sites for hydroxylation is 3. The average Bonchev–Trinajstić information content (AvgIpc) is 2.69. The number of benzene rings is 2. The van der Waals surface area contributed by atoms with Crippen molar-refractivity contribution >= 4 is 48.7 Å². The number of carboxylic acids is 1. The van der Waals surface area contributed by atoms with Gasteiger partial charge < -0.3 is 9.84 Å². The summed E-state index contributed by atoms with van der Waals surface area (Å²) in [5, 5.41) is 9.94. The molecule has 2 aromatic carbocycles. The third-order valence-corrected chi connectivity index (χ3v) is 5.91. The Bertz CT molecular complexity index is 1030. The molecule has 0 aliphatic heterocycles. The molecular weight excluding hydrogens is 498 g/mol. The minimum absolute atomic E-state index is 0.0938. The van der Waals surface area contributed by atoms with Crippen molar-refractivity contribution < 1.29 is 14.6 Å². The smallest absolute Gasteiger partial charge is 0.303 e. The molecule has 0 atom stereocenters. The Morgan fingerprint density at radius 2 is 1.79 bits per heavy atom. The zero-order valence-corrected chi connectivity index (χ0v) is 19.6. The second-order valence-electron chi connectivity index (χ2n) is 6.94. The van der Waals surface area contributed by atoms with Gasteiger partial charge in [0.05, 0.1) is 14.5 Å². The van der Waals surface area contributed by atoms with Crippen LogP contribution < -0.4 is 4.74 Å². The lowest BCUT2D eigenvalue weighted by molar-refractivity contribution is -0.136. The van der Waals surface area contributed by atoms with Crippen LogP contribution >= 0.6 is 31.9 Å². The van der Waals surface area contributed by atoms with Gasteiger partial charge in [0.2, 0.25) is 0 Å². The van der Waals surface area contributed by atoms with E-state index in [-0.39, 0.29) is 6.42 Å². The summed E-state index contributed by atoms with van der Waals surface area (Å²) in [6, 6.07) is 11.9. The van der Waals surface area contributed by atoms with Gasteiger partial charge in [0.1, 0.15) is 5.75 Å². The third-order valence-electron chi connectivity index (χ3n) is 4.73. The molecule has 1 aromatic heterocycles. The summed E-state index contributed by atoms with van der Waals surface area (Å²) >= 11 is 7.09. The van der Waals surface area contributed by atoms with Gasteiger partial charge in [0.25, 0.3) is 0 Å². The Morgan fingerprint density at radius 1 is 1.07 bits per heavy atom. The number of aromatic nitrogens is 1. The quantitative estimate of drug-likeness (QED) is 0.344. The fourth-order valence-electron chi connectivity index (χ4n) is 3.28. The van der Waals surface area contributed by atoms with Crippen molar-refractivity contribution in [3.63, 3.8) is 0 Å². The van der Waals surface area contributed by atoms with E-state index in [1.54, 1.807) is 0 Å². The number of halogens is 2. The van der Waals surface area contributed by atoms with Crippen molar-refractivity contribution in [1.82, 2.24) is 4.98 Å². The molecule has 0 aliphatic rings. The van der Waals surface area contributed by atoms with Crippen LogP contribution in [0.5, 0.6) is 11.5 Å². The number of rotatable bonds is 8. The Kier molecular flexibility index (Phi) is 7.30. The van der Waals surface area contributed by atoms with Crippen LogP contribution in [0.25, 0.3) is 10.9 Å². The number of hydrogen-bond donors (Lipinski definition) is 1. The summed E-state index contributed by atoms with van der Waals surface area (Å²) < 4.78 is 7.69. The van der Waals surface area contributed by atoms with Crippen LogP contribution in [0, 0.1) is 0 Å². The molecule has 0 spiro atoms. The molecule has 29 heavy (non-hydrogen) atoms. The van der Waals surface area contributed by atoms with Crippen LogP contribution in [-0.4, -0.2) is 16.1 Å². The number of aliphatic carboxylic acids is 1. The van der Waals surface area contributed by atoms with E-state index in [9.17, 15) is 4.79 Å². The maximum atomic E-state index is 10.8. The number of ether oxygens (including phenoxy) is 1. The summed E-state index contributed by atoms with van der Waals surface area (Å²) in [6.45, 7) is 4.33. The van der Waals surface area contributed by atoms with Gasteiger partial charge in [-0.2, -0.15) is 0 Å². The molecule has 0 amide bonds. The summed E-state index contributed by atoms with van der Waals surface area (Å²) in [5.41, 5.74) is 4.36. The van der Waals surface area contributed by atoms with Gasteiger partial charge in [0.15, 0.2) is 5.75 Å². The monoisotopic (exact) mass is 519 g/mol. The standard InChI is InChI=1S/C23H23Br2NO3/c1-3-5-20-15(4-2)12-16-13-17(7-8-21(16)26-20)29-23-18(24)10-14(11-19(23)25)6-9-22(27)28/h7-8,10-13H,3-6,9H2,1-2H3,(H,27,28). The van der Waals surface area contributed by atoms with E-state index in [0.717, 1.165) is 50.4 Å². The first-order chi connectivity index (χ1) is 13.9. The second-order valence-corrected chi connectivity index (χ2v) is 8.65. The van der Waals surface area contributed by atoms with E-state index in [1.165, 1.54) is 11.3 Å². The number of carboxylic acid groups (broad SMARTS) is 1.